The van der Waals surface area contributed by atoms with Gasteiger partial charge < -0.3 is 10.6 Å². The van der Waals surface area contributed by atoms with Crippen molar-refractivity contribution < 1.29 is 22.4 Å². The van der Waals surface area contributed by atoms with E-state index in [1.165, 1.54) is 11.3 Å². The zero-order chi connectivity index (χ0) is 24.4. The molecule has 0 saturated carbocycles. The summed E-state index contributed by atoms with van der Waals surface area (Å²) in [6.45, 7) is 3.83. The van der Waals surface area contributed by atoms with E-state index in [0.717, 1.165) is 22.2 Å². The molecule has 9 heteroatoms. The van der Waals surface area contributed by atoms with Gasteiger partial charge in [-0.15, -0.1) is 11.3 Å². The molecule has 0 bridgehead atoms. The van der Waals surface area contributed by atoms with Gasteiger partial charge in [0.05, 0.1) is 15.9 Å². The first-order valence-corrected chi connectivity index (χ1v) is 11.5. The van der Waals surface area contributed by atoms with Crippen LogP contribution in [0.25, 0.3) is 20.8 Å². The highest BCUT2D eigenvalue weighted by Gasteiger charge is 2.30. The number of anilines is 2. The van der Waals surface area contributed by atoms with Crippen LogP contribution in [0, 0.1) is 30.2 Å². The van der Waals surface area contributed by atoms with Gasteiger partial charge in [0.1, 0.15) is 16.3 Å². The van der Waals surface area contributed by atoms with Gasteiger partial charge in [0.25, 0.3) is 5.91 Å². The van der Waals surface area contributed by atoms with Crippen molar-refractivity contribution in [2.24, 2.45) is 0 Å². The summed E-state index contributed by atoms with van der Waals surface area (Å²) in [4.78, 5) is 17.4. The standard InChI is InChI=1S/C25H21F4N3OS/c1-3-4-11-30-23-21(28)19(26)18(20(27)22(23)29)24(33)31-15-10-9-13(2)12-14(15)25-32-16-7-5-6-8-17(16)34-25/h5-10,12,30H,3-4,11H2,1-2H3,(H,31,33). The van der Waals surface area contributed by atoms with Crippen LogP contribution in [0.2, 0.25) is 0 Å². The maximum atomic E-state index is 14.7. The van der Waals surface area contributed by atoms with Crippen molar-refractivity contribution in [3.05, 3.63) is 76.9 Å². The van der Waals surface area contributed by atoms with Crippen LogP contribution in [-0.2, 0) is 0 Å². The Balaban J connectivity index is 1.71. The van der Waals surface area contributed by atoms with Crippen molar-refractivity contribution >= 4 is 38.8 Å². The van der Waals surface area contributed by atoms with E-state index in [1.54, 1.807) is 18.2 Å². The van der Waals surface area contributed by atoms with E-state index in [9.17, 15) is 22.4 Å². The largest absolute Gasteiger partial charge is 0.380 e. The van der Waals surface area contributed by atoms with E-state index in [2.05, 4.69) is 15.6 Å². The quantitative estimate of drug-likeness (QED) is 0.163. The summed E-state index contributed by atoms with van der Waals surface area (Å²) >= 11 is 1.38. The summed E-state index contributed by atoms with van der Waals surface area (Å²) in [6, 6.07) is 12.5. The molecule has 0 fully saturated rings. The van der Waals surface area contributed by atoms with Crippen LogP contribution in [-0.4, -0.2) is 17.4 Å². The lowest BCUT2D eigenvalue weighted by Gasteiger charge is -2.15. The van der Waals surface area contributed by atoms with E-state index < -0.39 is 40.4 Å². The fraction of sp³-hybridized carbons (Fsp3) is 0.200. The number of hydrogen-bond donors (Lipinski definition) is 2. The first-order valence-electron chi connectivity index (χ1n) is 10.7. The average molecular weight is 488 g/mol. The van der Waals surface area contributed by atoms with Gasteiger partial charge in [0, 0.05) is 12.1 Å². The van der Waals surface area contributed by atoms with Crippen LogP contribution >= 0.6 is 11.3 Å². The maximum Gasteiger partial charge on any atom is 0.261 e. The smallest absolute Gasteiger partial charge is 0.261 e. The molecule has 2 N–H and O–H groups in total. The third kappa shape index (κ3) is 4.48. The SMILES string of the molecule is CCCCNc1c(F)c(F)c(C(=O)Nc2ccc(C)cc2-c2nc3ccccc3s2)c(F)c1F. The predicted octanol–water partition coefficient (Wildman–Crippen LogP) is 7.29. The molecule has 4 nitrogen and oxygen atoms in total. The Hall–Kier alpha value is -3.46. The normalized spacial score (nSPS) is 11.1. The Bertz CT molecular complexity index is 1320. The second kappa shape index (κ2) is 9.80. The molecule has 0 radical (unpaired) electrons. The Morgan fingerprint density at radius 2 is 1.71 bits per heavy atom. The van der Waals surface area contributed by atoms with Crippen molar-refractivity contribution in [2.45, 2.75) is 26.7 Å². The van der Waals surface area contributed by atoms with Crippen LogP contribution in [0.15, 0.2) is 42.5 Å². The van der Waals surface area contributed by atoms with Gasteiger partial charge in [0.15, 0.2) is 23.3 Å². The number of aryl methyl sites for hydroxylation is 1. The highest BCUT2D eigenvalue weighted by molar-refractivity contribution is 7.21. The molecule has 0 spiro atoms. The number of unbranched alkanes of at least 4 members (excludes halogenated alkanes) is 1. The van der Waals surface area contributed by atoms with Crippen molar-refractivity contribution in [1.29, 1.82) is 0 Å². The zero-order valence-corrected chi connectivity index (χ0v) is 19.3. The minimum absolute atomic E-state index is 0.129. The molecule has 0 aliphatic heterocycles. The molecule has 0 saturated heterocycles. The minimum Gasteiger partial charge on any atom is -0.380 e. The van der Waals surface area contributed by atoms with Gasteiger partial charge in [0.2, 0.25) is 0 Å². The molecule has 0 aliphatic rings. The highest BCUT2D eigenvalue weighted by Crippen LogP contribution is 2.36. The van der Waals surface area contributed by atoms with Gasteiger partial charge in [-0.3, -0.25) is 4.79 Å². The van der Waals surface area contributed by atoms with E-state index in [1.807, 2.05) is 38.1 Å². The fourth-order valence-electron chi connectivity index (χ4n) is 3.49. The summed E-state index contributed by atoms with van der Waals surface area (Å²) in [5, 5.41) is 5.34. The molecule has 3 aromatic carbocycles. The lowest BCUT2D eigenvalue weighted by Crippen LogP contribution is -2.20. The Labute approximate surface area is 197 Å². The first kappa shape index (κ1) is 23.7. The number of benzene rings is 3. The van der Waals surface area contributed by atoms with Crippen LogP contribution in [0.1, 0.15) is 35.7 Å². The molecular weight excluding hydrogens is 466 g/mol. The fourth-order valence-corrected chi connectivity index (χ4v) is 4.49. The van der Waals surface area contributed by atoms with Gasteiger partial charge >= 0.3 is 0 Å². The Kier molecular flexibility index (Phi) is 6.83. The second-order valence-electron chi connectivity index (χ2n) is 7.78. The number of para-hydroxylation sites is 1. The van der Waals surface area contributed by atoms with Gasteiger partial charge in [-0.25, -0.2) is 22.5 Å². The predicted molar refractivity (Wildman–Crippen MR) is 127 cm³/mol. The zero-order valence-electron chi connectivity index (χ0n) is 18.4. The number of carbonyl (C=O) groups excluding carboxylic acids is 1. The lowest BCUT2D eigenvalue weighted by molar-refractivity contribution is 0.101. The lowest BCUT2D eigenvalue weighted by atomic mass is 10.1. The number of fused-ring (bicyclic) bond motifs is 1. The Morgan fingerprint density at radius 3 is 2.38 bits per heavy atom. The average Bonchev–Trinajstić information content (AvgIpc) is 3.25. The molecule has 1 aromatic heterocycles. The van der Waals surface area contributed by atoms with Crippen molar-refractivity contribution in [3.63, 3.8) is 0 Å². The third-order valence-electron chi connectivity index (χ3n) is 5.27. The summed E-state index contributed by atoms with van der Waals surface area (Å²) in [6.07, 6.45) is 1.27. The highest BCUT2D eigenvalue weighted by atomic mass is 32.1. The molecule has 4 aromatic rings. The van der Waals surface area contributed by atoms with Crippen molar-refractivity contribution in [3.8, 4) is 10.6 Å². The number of aromatic nitrogens is 1. The van der Waals surface area contributed by atoms with Gasteiger partial charge in [-0.2, -0.15) is 0 Å². The Morgan fingerprint density at radius 1 is 1.00 bits per heavy atom. The van der Waals surface area contributed by atoms with Crippen LogP contribution < -0.4 is 10.6 Å². The minimum atomic E-state index is -1.76. The number of amides is 1. The molecule has 0 atom stereocenters. The van der Waals surface area contributed by atoms with Gasteiger partial charge in [-0.05, 0) is 37.6 Å². The topological polar surface area (TPSA) is 54.0 Å². The molecule has 0 aliphatic carbocycles. The summed E-state index contributed by atoms with van der Waals surface area (Å²) in [5.41, 5.74) is 0.101. The van der Waals surface area contributed by atoms with Crippen LogP contribution in [0.5, 0.6) is 0 Å². The molecule has 176 valence electrons. The number of nitrogens with one attached hydrogen (secondary N) is 2. The number of halogens is 4. The summed E-state index contributed by atoms with van der Waals surface area (Å²) < 4.78 is 59.3. The van der Waals surface area contributed by atoms with E-state index in [4.69, 9.17) is 0 Å². The molecule has 0 unspecified atom stereocenters. The molecule has 1 amide bonds. The number of hydrogen-bond acceptors (Lipinski definition) is 4. The van der Waals surface area contributed by atoms with E-state index in [-0.39, 0.29) is 12.2 Å². The van der Waals surface area contributed by atoms with Crippen molar-refractivity contribution in [1.82, 2.24) is 4.98 Å². The summed E-state index contributed by atoms with van der Waals surface area (Å²) in [5.74, 6) is -8.11. The number of thiazole rings is 1. The first-order chi connectivity index (χ1) is 16.3. The summed E-state index contributed by atoms with van der Waals surface area (Å²) in [7, 11) is 0. The maximum absolute atomic E-state index is 14.7. The molecule has 34 heavy (non-hydrogen) atoms. The number of carbonyl (C=O) groups is 1. The number of rotatable bonds is 7. The van der Waals surface area contributed by atoms with Crippen LogP contribution in [0.4, 0.5) is 28.9 Å². The second-order valence-corrected chi connectivity index (χ2v) is 8.81. The van der Waals surface area contributed by atoms with E-state index in [0.29, 0.717) is 17.0 Å². The molecule has 4 rings (SSSR count). The monoisotopic (exact) mass is 487 g/mol. The van der Waals surface area contributed by atoms with Crippen LogP contribution in [0.3, 0.4) is 0 Å². The number of nitrogens with zero attached hydrogens (tertiary/aromatic N) is 1. The third-order valence-corrected chi connectivity index (χ3v) is 6.34. The van der Waals surface area contributed by atoms with Gasteiger partial charge in [-0.1, -0.05) is 37.1 Å². The van der Waals surface area contributed by atoms with E-state index >= 15 is 0 Å². The molecule has 1 heterocycles. The van der Waals surface area contributed by atoms with Crippen molar-refractivity contribution in [2.75, 3.05) is 17.2 Å². The molecular formula is C25H21F4N3OS.